The van der Waals surface area contributed by atoms with Crippen LogP contribution in [0.2, 0.25) is 5.02 Å². The van der Waals surface area contributed by atoms with E-state index in [1.165, 1.54) is 10.8 Å². The smallest absolute Gasteiger partial charge is 0.273 e. The third kappa shape index (κ3) is 5.67. The summed E-state index contributed by atoms with van der Waals surface area (Å²) in [5.41, 5.74) is 3.40. The van der Waals surface area contributed by atoms with Gasteiger partial charge in [0.25, 0.3) is 5.56 Å². The predicted molar refractivity (Wildman–Crippen MR) is 147 cm³/mol. The van der Waals surface area contributed by atoms with Gasteiger partial charge in [0.05, 0.1) is 34.9 Å². The Labute approximate surface area is 228 Å². The SMILES string of the molecule is COc1cccc(COc2cc(C)n(-c3cc(-c4nc(C(C)(C)C)ncc4C)ncc3Cl)c(=O)c2Br)n1. The van der Waals surface area contributed by atoms with Gasteiger partial charge in [-0.3, -0.25) is 14.3 Å². The lowest BCUT2D eigenvalue weighted by atomic mass is 9.95. The first kappa shape index (κ1) is 26.8. The van der Waals surface area contributed by atoms with Crippen LogP contribution >= 0.6 is 27.5 Å². The summed E-state index contributed by atoms with van der Waals surface area (Å²) in [6, 6.07) is 8.95. The van der Waals surface area contributed by atoms with Crippen LogP contribution in [-0.2, 0) is 12.0 Å². The lowest BCUT2D eigenvalue weighted by Gasteiger charge is -2.19. The molecule has 0 aliphatic rings. The molecule has 0 bridgehead atoms. The van der Waals surface area contributed by atoms with E-state index in [9.17, 15) is 4.79 Å². The molecule has 0 saturated heterocycles. The maximum absolute atomic E-state index is 13.5. The van der Waals surface area contributed by atoms with Gasteiger partial charge in [-0.1, -0.05) is 38.4 Å². The Morgan fingerprint density at radius 3 is 2.54 bits per heavy atom. The zero-order valence-electron chi connectivity index (χ0n) is 21.5. The fraction of sp³-hybridized carbons (Fsp3) is 0.296. The van der Waals surface area contributed by atoms with Gasteiger partial charge in [-0.25, -0.2) is 15.0 Å². The van der Waals surface area contributed by atoms with Crippen molar-refractivity contribution in [3.8, 4) is 28.7 Å². The average Bonchev–Trinajstić information content (AvgIpc) is 2.86. The number of hydrogen-bond acceptors (Lipinski definition) is 7. The summed E-state index contributed by atoms with van der Waals surface area (Å²) in [4.78, 5) is 31.6. The van der Waals surface area contributed by atoms with E-state index >= 15 is 0 Å². The minimum Gasteiger partial charge on any atom is -0.486 e. The van der Waals surface area contributed by atoms with Crippen LogP contribution in [0.1, 0.15) is 43.5 Å². The maximum atomic E-state index is 13.5. The summed E-state index contributed by atoms with van der Waals surface area (Å²) in [5.74, 6) is 1.59. The highest BCUT2D eigenvalue weighted by Crippen LogP contribution is 2.30. The molecule has 37 heavy (non-hydrogen) atoms. The third-order valence-corrected chi connectivity index (χ3v) is 6.65. The molecule has 0 atom stereocenters. The van der Waals surface area contributed by atoms with E-state index in [0.717, 1.165) is 5.56 Å². The highest BCUT2D eigenvalue weighted by molar-refractivity contribution is 9.10. The first-order chi connectivity index (χ1) is 17.5. The number of halogens is 2. The minimum atomic E-state index is -0.317. The summed E-state index contributed by atoms with van der Waals surface area (Å²) in [5, 5.41) is 0.331. The van der Waals surface area contributed by atoms with Gasteiger partial charge in [-0.2, -0.15) is 0 Å². The predicted octanol–water partition coefficient (Wildman–Crippen LogP) is 6.00. The van der Waals surface area contributed by atoms with Crippen molar-refractivity contribution in [2.75, 3.05) is 7.11 Å². The molecule has 4 aromatic heterocycles. The second kappa shape index (κ2) is 10.6. The molecule has 4 rings (SSSR count). The Morgan fingerprint density at radius 2 is 1.84 bits per heavy atom. The molecular formula is C27H27BrClN5O3. The lowest BCUT2D eigenvalue weighted by Crippen LogP contribution is -2.22. The molecule has 0 aliphatic carbocycles. The van der Waals surface area contributed by atoms with Crippen molar-refractivity contribution < 1.29 is 9.47 Å². The van der Waals surface area contributed by atoms with Crippen LogP contribution in [0.25, 0.3) is 17.1 Å². The molecule has 0 aliphatic heterocycles. The van der Waals surface area contributed by atoms with Crippen LogP contribution < -0.4 is 15.0 Å². The number of pyridine rings is 3. The Kier molecular flexibility index (Phi) is 7.66. The molecule has 0 saturated carbocycles. The van der Waals surface area contributed by atoms with E-state index in [4.69, 9.17) is 26.1 Å². The third-order valence-electron chi connectivity index (χ3n) is 5.63. The molecule has 8 nitrogen and oxygen atoms in total. The molecule has 0 radical (unpaired) electrons. The van der Waals surface area contributed by atoms with Gasteiger partial charge >= 0.3 is 0 Å². The van der Waals surface area contributed by atoms with Crippen LogP contribution in [0, 0.1) is 13.8 Å². The van der Waals surface area contributed by atoms with Crippen LogP contribution in [0.3, 0.4) is 0 Å². The summed E-state index contributed by atoms with van der Waals surface area (Å²) in [7, 11) is 1.55. The number of ether oxygens (including phenoxy) is 2. The largest absolute Gasteiger partial charge is 0.486 e. The van der Waals surface area contributed by atoms with Gasteiger partial charge in [0.1, 0.15) is 22.7 Å². The van der Waals surface area contributed by atoms with E-state index in [1.54, 1.807) is 31.5 Å². The molecule has 4 aromatic rings. The average molecular weight is 585 g/mol. The monoisotopic (exact) mass is 583 g/mol. The minimum absolute atomic E-state index is 0.169. The van der Waals surface area contributed by atoms with Gasteiger partial charge < -0.3 is 9.47 Å². The lowest BCUT2D eigenvalue weighted by molar-refractivity contribution is 0.295. The molecule has 4 heterocycles. The zero-order valence-corrected chi connectivity index (χ0v) is 23.8. The normalized spacial score (nSPS) is 11.5. The van der Waals surface area contributed by atoms with Crippen molar-refractivity contribution in [1.29, 1.82) is 0 Å². The Bertz CT molecular complexity index is 1530. The van der Waals surface area contributed by atoms with Gasteiger partial charge in [-0.05, 0) is 47.5 Å². The fourth-order valence-electron chi connectivity index (χ4n) is 3.68. The van der Waals surface area contributed by atoms with E-state index in [-0.39, 0.29) is 22.1 Å². The molecule has 0 spiro atoms. The van der Waals surface area contributed by atoms with Gasteiger partial charge in [-0.15, -0.1) is 0 Å². The Morgan fingerprint density at radius 1 is 1.08 bits per heavy atom. The van der Waals surface area contributed by atoms with Crippen molar-refractivity contribution >= 4 is 27.5 Å². The number of methoxy groups -OCH3 is 1. The first-order valence-corrected chi connectivity index (χ1v) is 12.7. The molecule has 192 valence electrons. The summed E-state index contributed by atoms with van der Waals surface area (Å²) < 4.78 is 12.9. The Hall–Kier alpha value is -3.30. The number of aryl methyl sites for hydroxylation is 2. The summed E-state index contributed by atoms with van der Waals surface area (Å²) >= 11 is 9.96. The number of rotatable bonds is 6. The van der Waals surface area contributed by atoms with Crippen LogP contribution in [0.4, 0.5) is 0 Å². The second-order valence-electron chi connectivity index (χ2n) is 9.56. The molecule has 0 unspecified atom stereocenters. The summed E-state index contributed by atoms with van der Waals surface area (Å²) in [6.07, 6.45) is 3.32. The van der Waals surface area contributed by atoms with E-state index < -0.39 is 0 Å². The van der Waals surface area contributed by atoms with Crippen molar-refractivity contribution in [3.05, 3.63) is 85.4 Å². The highest BCUT2D eigenvalue weighted by Gasteiger charge is 2.21. The molecule has 10 heteroatoms. The molecular weight excluding hydrogens is 558 g/mol. The number of nitrogens with zero attached hydrogens (tertiary/aromatic N) is 5. The Balaban J connectivity index is 1.73. The summed E-state index contributed by atoms with van der Waals surface area (Å²) in [6.45, 7) is 10.1. The van der Waals surface area contributed by atoms with Crippen molar-refractivity contribution in [2.24, 2.45) is 0 Å². The van der Waals surface area contributed by atoms with E-state index in [1.807, 2.05) is 26.0 Å². The topological polar surface area (TPSA) is 92.0 Å². The molecule has 0 amide bonds. The van der Waals surface area contributed by atoms with Crippen LogP contribution in [0.5, 0.6) is 11.6 Å². The van der Waals surface area contributed by atoms with Crippen LogP contribution in [-0.4, -0.2) is 31.6 Å². The standard InChI is InChI=1S/C27H27BrClN5O3/c1-15-12-31-26(27(3,4)5)33-24(15)19-11-20(18(29)13-30-19)34-16(2)10-21(23(28)25(34)35)37-14-17-8-7-9-22(32-17)36-6/h7-13H,14H2,1-6H3. The number of hydrogen-bond donors (Lipinski definition) is 0. The molecule has 0 N–H and O–H groups in total. The zero-order chi connectivity index (χ0) is 26.9. The second-order valence-corrected chi connectivity index (χ2v) is 10.8. The van der Waals surface area contributed by atoms with Gasteiger partial charge in [0.15, 0.2) is 0 Å². The van der Waals surface area contributed by atoms with Crippen molar-refractivity contribution in [2.45, 2.75) is 46.6 Å². The highest BCUT2D eigenvalue weighted by atomic mass is 79.9. The first-order valence-electron chi connectivity index (χ1n) is 11.5. The molecule has 0 fully saturated rings. The van der Waals surface area contributed by atoms with Crippen molar-refractivity contribution in [3.63, 3.8) is 0 Å². The maximum Gasteiger partial charge on any atom is 0.273 e. The van der Waals surface area contributed by atoms with Crippen LogP contribution in [0.15, 0.2) is 52.0 Å². The van der Waals surface area contributed by atoms with E-state index in [0.29, 0.717) is 50.9 Å². The van der Waals surface area contributed by atoms with E-state index in [2.05, 4.69) is 51.7 Å². The van der Waals surface area contributed by atoms with Gasteiger partial charge in [0, 0.05) is 35.6 Å². The van der Waals surface area contributed by atoms with Crippen molar-refractivity contribution in [1.82, 2.24) is 24.5 Å². The number of aromatic nitrogens is 5. The molecule has 0 aromatic carbocycles. The van der Waals surface area contributed by atoms with Gasteiger partial charge in [0.2, 0.25) is 5.88 Å². The fourth-order valence-corrected chi connectivity index (χ4v) is 4.27. The quantitative estimate of drug-likeness (QED) is 0.274.